The Bertz CT molecular complexity index is 279. The molecule has 3 nitrogen and oxygen atoms in total. The van der Waals surface area contributed by atoms with Crippen molar-refractivity contribution in [1.82, 2.24) is 4.90 Å². The zero-order valence-corrected chi connectivity index (χ0v) is 6.99. The lowest BCUT2D eigenvalue weighted by Gasteiger charge is -2.35. The van der Waals surface area contributed by atoms with Crippen molar-refractivity contribution in [3.63, 3.8) is 0 Å². The van der Waals surface area contributed by atoms with Gasteiger partial charge in [0.05, 0.1) is 12.3 Å². The van der Waals surface area contributed by atoms with Gasteiger partial charge in [-0.2, -0.15) is 0 Å². The SMILES string of the molecule is CC(c1ccco1)N1CCC1=O. The molecular formula is C9H11NO2. The van der Waals surface area contributed by atoms with Gasteiger partial charge < -0.3 is 9.32 Å². The predicted molar refractivity (Wildman–Crippen MR) is 43.5 cm³/mol. The van der Waals surface area contributed by atoms with E-state index in [2.05, 4.69) is 0 Å². The maximum Gasteiger partial charge on any atom is 0.224 e. The fourth-order valence-corrected chi connectivity index (χ4v) is 1.42. The topological polar surface area (TPSA) is 33.5 Å². The molecule has 0 bridgehead atoms. The van der Waals surface area contributed by atoms with Gasteiger partial charge in [-0.3, -0.25) is 4.79 Å². The highest BCUT2D eigenvalue weighted by Gasteiger charge is 2.30. The highest BCUT2D eigenvalue weighted by Crippen LogP contribution is 2.25. The van der Waals surface area contributed by atoms with Crippen molar-refractivity contribution in [2.45, 2.75) is 19.4 Å². The standard InChI is InChI=1S/C9H11NO2/c1-7(8-3-2-6-12-8)10-5-4-9(10)11/h2-3,6-7H,4-5H2,1H3. The average Bonchev–Trinajstić information content (AvgIpc) is 2.53. The minimum atomic E-state index is 0.0984. The van der Waals surface area contributed by atoms with E-state index in [1.807, 2.05) is 24.0 Å². The number of carbonyl (C=O) groups is 1. The van der Waals surface area contributed by atoms with Gasteiger partial charge in [-0.1, -0.05) is 0 Å². The first-order chi connectivity index (χ1) is 5.79. The number of hydrogen-bond donors (Lipinski definition) is 0. The normalized spacial score (nSPS) is 19.1. The average molecular weight is 165 g/mol. The van der Waals surface area contributed by atoms with Gasteiger partial charge in [0.2, 0.25) is 5.91 Å². The maximum absolute atomic E-state index is 11.1. The third-order valence-electron chi connectivity index (χ3n) is 2.31. The van der Waals surface area contributed by atoms with Crippen LogP contribution in [0.1, 0.15) is 25.1 Å². The monoisotopic (exact) mass is 165 g/mol. The second-order valence-electron chi connectivity index (χ2n) is 3.03. The lowest BCUT2D eigenvalue weighted by atomic mass is 10.1. The Kier molecular flexibility index (Phi) is 1.64. The second kappa shape index (κ2) is 2.66. The lowest BCUT2D eigenvalue weighted by molar-refractivity contribution is -0.143. The molecule has 2 heterocycles. The van der Waals surface area contributed by atoms with Gasteiger partial charge in [-0.25, -0.2) is 0 Å². The third kappa shape index (κ3) is 1.02. The van der Waals surface area contributed by atoms with Crippen molar-refractivity contribution in [1.29, 1.82) is 0 Å². The summed E-state index contributed by atoms with van der Waals surface area (Å²) in [5, 5.41) is 0. The van der Waals surface area contributed by atoms with E-state index >= 15 is 0 Å². The first-order valence-electron chi connectivity index (χ1n) is 4.12. The van der Waals surface area contributed by atoms with E-state index in [1.165, 1.54) is 0 Å². The van der Waals surface area contributed by atoms with Crippen molar-refractivity contribution < 1.29 is 9.21 Å². The Balaban J connectivity index is 2.10. The van der Waals surface area contributed by atoms with E-state index in [9.17, 15) is 4.79 Å². The molecule has 1 aliphatic heterocycles. The summed E-state index contributed by atoms with van der Waals surface area (Å²) in [5.74, 6) is 1.09. The van der Waals surface area contributed by atoms with E-state index in [0.29, 0.717) is 6.42 Å². The van der Waals surface area contributed by atoms with Crippen LogP contribution in [-0.2, 0) is 4.79 Å². The van der Waals surface area contributed by atoms with Crippen molar-refractivity contribution in [2.75, 3.05) is 6.54 Å². The fraction of sp³-hybridized carbons (Fsp3) is 0.444. The molecule has 1 atom stereocenters. The van der Waals surface area contributed by atoms with Gasteiger partial charge in [0.1, 0.15) is 5.76 Å². The summed E-state index contributed by atoms with van der Waals surface area (Å²) in [5.41, 5.74) is 0. The Labute approximate surface area is 71.0 Å². The van der Waals surface area contributed by atoms with Crippen molar-refractivity contribution in [3.8, 4) is 0 Å². The highest BCUT2D eigenvalue weighted by molar-refractivity contribution is 5.82. The quantitative estimate of drug-likeness (QED) is 0.623. The zero-order chi connectivity index (χ0) is 8.55. The number of carbonyl (C=O) groups excluding carboxylic acids is 1. The molecule has 0 saturated carbocycles. The Morgan fingerprint density at radius 3 is 2.92 bits per heavy atom. The van der Waals surface area contributed by atoms with Gasteiger partial charge in [0.15, 0.2) is 0 Å². The molecule has 12 heavy (non-hydrogen) atoms. The number of furan rings is 1. The van der Waals surface area contributed by atoms with Crippen molar-refractivity contribution in [3.05, 3.63) is 24.2 Å². The molecule has 0 radical (unpaired) electrons. The van der Waals surface area contributed by atoms with E-state index in [4.69, 9.17) is 4.42 Å². The van der Waals surface area contributed by atoms with Crippen molar-refractivity contribution >= 4 is 5.91 Å². The fourth-order valence-electron chi connectivity index (χ4n) is 1.42. The van der Waals surface area contributed by atoms with Crippen LogP contribution in [-0.4, -0.2) is 17.4 Å². The van der Waals surface area contributed by atoms with Crippen LogP contribution in [0.4, 0.5) is 0 Å². The third-order valence-corrected chi connectivity index (χ3v) is 2.31. The number of nitrogens with zero attached hydrogens (tertiary/aromatic N) is 1. The first-order valence-corrected chi connectivity index (χ1v) is 4.12. The molecule has 0 N–H and O–H groups in total. The van der Waals surface area contributed by atoms with E-state index in [0.717, 1.165) is 12.3 Å². The van der Waals surface area contributed by atoms with Gasteiger partial charge in [0, 0.05) is 13.0 Å². The molecule has 2 rings (SSSR count). The molecule has 3 heteroatoms. The van der Waals surface area contributed by atoms with Crippen LogP contribution >= 0.6 is 0 Å². The highest BCUT2D eigenvalue weighted by atomic mass is 16.3. The van der Waals surface area contributed by atoms with E-state index in [-0.39, 0.29) is 11.9 Å². The summed E-state index contributed by atoms with van der Waals surface area (Å²) >= 11 is 0. The summed E-state index contributed by atoms with van der Waals surface area (Å²) in [6.45, 7) is 2.84. The number of β-lactam (4-membered cyclic amide) rings is 1. The largest absolute Gasteiger partial charge is 0.467 e. The predicted octanol–water partition coefficient (Wildman–Crippen LogP) is 1.57. The molecule has 1 unspecified atom stereocenters. The second-order valence-corrected chi connectivity index (χ2v) is 3.03. The van der Waals surface area contributed by atoms with E-state index < -0.39 is 0 Å². The minimum absolute atomic E-state index is 0.0984. The molecule has 1 aromatic rings. The molecule has 0 spiro atoms. The smallest absolute Gasteiger partial charge is 0.224 e. The van der Waals surface area contributed by atoms with Crippen LogP contribution in [0.15, 0.2) is 22.8 Å². The molecule has 0 aliphatic carbocycles. The number of likely N-dealkylation sites (tertiary alicyclic amines) is 1. The summed E-state index contributed by atoms with van der Waals surface area (Å²) in [4.78, 5) is 12.9. The molecule has 1 aromatic heterocycles. The molecule has 64 valence electrons. The number of amides is 1. The molecule has 1 fully saturated rings. The summed E-state index contributed by atoms with van der Waals surface area (Å²) in [7, 11) is 0. The Morgan fingerprint density at radius 1 is 1.67 bits per heavy atom. The Hall–Kier alpha value is -1.25. The summed E-state index contributed by atoms with van der Waals surface area (Å²) in [6.07, 6.45) is 2.32. The maximum atomic E-state index is 11.1. The Morgan fingerprint density at radius 2 is 2.50 bits per heavy atom. The van der Waals surface area contributed by atoms with Gasteiger partial charge >= 0.3 is 0 Å². The molecular weight excluding hydrogens is 154 g/mol. The molecule has 1 saturated heterocycles. The summed E-state index contributed by atoms with van der Waals surface area (Å²) < 4.78 is 5.21. The van der Waals surface area contributed by atoms with Crippen LogP contribution in [0.25, 0.3) is 0 Å². The van der Waals surface area contributed by atoms with Gasteiger partial charge in [-0.15, -0.1) is 0 Å². The number of hydrogen-bond acceptors (Lipinski definition) is 2. The number of rotatable bonds is 2. The minimum Gasteiger partial charge on any atom is -0.467 e. The first kappa shape index (κ1) is 7.40. The van der Waals surface area contributed by atoms with Gasteiger partial charge in [0.25, 0.3) is 0 Å². The molecule has 1 aliphatic rings. The van der Waals surface area contributed by atoms with Crippen LogP contribution in [0, 0.1) is 0 Å². The van der Waals surface area contributed by atoms with Crippen LogP contribution < -0.4 is 0 Å². The lowest BCUT2D eigenvalue weighted by Crippen LogP contribution is -2.44. The zero-order valence-electron chi connectivity index (χ0n) is 6.99. The molecule has 0 aromatic carbocycles. The molecule has 1 amide bonds. The van der Waals surface area contributed by atoms with Gasteiger partial charge in [-0.05, 0) is 19.1 Å². The van der Waals surface area contributed by atoms with Crippen LogP contribution in [0.5, 0.6) is 0 Å². The van der Waals surface area contributed by atoms with E-state index in [1.54, 1.807) is 6.26 Å². The van der Waals surface area contributed by atoms with Crippen molar-refractivity contribution in [2.24, 2.45) is 0 Å². The summed E-state index contributed by atoms with van der Waals surface area (Å²) in [6, 6.07) is 3.84. The van der Waals surface area contributed by atoms with Crippen LogP contribution in [0.3, 0.4) is 0 Å². The van der Waals surface area contributed by atoms with Crippen LogP contribution in [0.2, 0.25) is 0 Å².